The molecule has 14 heavy (non-hydrogen) atoms. The van der Waals surface area contributed by atoms with Gasteiger partial charge in [0.2, 0.25) is 0 Å². The van der Waals surface area contributed by atoms with Crippen LogP contribution in [0.3, 0.4) is 0 Å². The highest BCUT2D eigenvalue weighted by Crippen LogP contribution is 2.27. The lowest BCUT2D eigenvalue weighted by molar-refractivity contribution is 0.199. The zero-order valence-corrected chi connectivity index (χ0v) is 9.38. The van der Waals surface area contributed by atoms with Crippen molar-refractivity contribution in [1.82, 2.24) is 0 Å². The Labute approximate surface area is 89.5 Å². The van der Waals surface area contributed by atoms with Gasteiger partial charge in [0.15, 0.2) is 0 Å². The van der Waals surface area contributed by atoms with Crippen molar-refractivity contribution >= 4 is 11.6 Å². The number of aliphatic hydroxyl groups is 1. The third kappa shape index (κ3) is 2.89. The highest BCUT2D eigenvalue weighted by atomic mass is 35.5. The van der Waals surface area contributed by atoms with Gasteiger partial charge in [-0.15, -0.1) is 0 Å². The Bertz CT molecular complexity index is 308. The van der Waals surface area contributed by atoms with Gasteiger partial charge in [-0.05, 0) is 38.5 Å². The topological polar surface area (TPSA) is 29.5 Å². The standard InChI is InChI=1S/C11H15ClO2/c1-7(2)14-9-4-5-10(8(3)13)11(12)6-9/h4-8,13H,1-3H3. The molecule has 0 saturated carbocycles. The number of aliphatic hydroxyl groups excluding tert-OH is 1. The summed E-state index contributed by atoms with van der Waals surface area (Å²) in [5.41, 5.74) is 0.725. The Kier molecular flexibility index (Phi) is 3.78. The Morgan fingerprint density at radius 3 is 2.36 bits per heavy atom. The Morgan fingerprint density at radius 1 is 1.29 bits per heavy atom. The maximum absolute atomic E-state index is 9.35. The van der Waals surface area contributed by atoms with E-state index in [1.165, 1.54) is 0 Å². The van der Waals surface area contributed by atoms with Crippen LogP contribution >= 0.6 is 11.6 Å². The van der Waals surface area contributed by atoms with Crippen molar-refractivity contribution in [2.75, 3.05) is 0 Å². The molecule has 1 atom stereocenters. The predicted molar refractivity (Wildman–Crippen MR) is 57.8 cm³/mol. The molecule has 1 unspecified atom stereocenters. The van der Waals surface area contributed by atoms with Gasteiger partial charge < -0.3 is 9.84 Å². The van der Waals surface area contributed by atoms with Gasteiger partial charge in [0.1, 0.15) is 5.75 Å². The molecule has 1 aromatic carbocycles. The molecular formula is C11H15ClO2. The van der Waals surface area contributed by atoms with Crippen molar-refractivity contribution in [3.8, 4) is 5.75 Å². The number of hydrogen-bond donors (Lipinski definition) is 1. The van der Waals surface area contributed by atoms with Crippen molar-refractivity contribution in [2.24, 2.45) is 0 Å². The van der Waals surface area contributed by atoms with Gasteiger partial charge in [0.05, 0.1) is 17.2 Å². The summed E-state index contributed by atoms with van der Waals surface area (Å²) in [7, 11) is 0. The molecule has 1 N–H and O–H groups in total. The summed E-state index contributed by atoms with van der Waals surface area (Å²) in [5.74, 6) is 0.731. The molecule has 0 radical (unpaired) electrons. The minimum absolute atomic E-state index is 0.128. The summed E-state index contributed by atoms with van der Waals surface area (Å²) in [6.07, 6.45) is -0.418. The van der Waals surface area contributed by atoms with Gasteiger partial charge in [-0.3, -0.25) is 0 Å². The molecule has 1 rings (SSSR count). The maximum atomic E-state index is 9.35. The Morgan fingerprint density at radius 2 is 1.93 bits per heavy atom. The van der Waals surface area contributed by atoms with Crippen molar-refractivity contribution in [1.29, 1.82) is 0 Å². The maximum Gasteiger partial charge on any atom is 0.121 e. The average molecular weight is 215 g/mol. The Balaban J connectivity index is 2.89. The van der Waals surface area contributed by atoms with Crippen LogP contribution in [0.15, 0.2) is 18.2 Å². The summed E-state index contributed by atoms with van der Waals surface area (Å²) < 4.78 is 5.46. The molecule has 0 aliphatic carbocycles. The van der Waals surface area contributed by atoms with Gasteiger partial charge >= 0.3 is 0 Å². The van der Waals surface area contributed by atoms with Crippen LogP contribution in [0.5, 0.6) is 5.75 Å². The SMILES string of the molecule is CC(C)Oc1ccc(C(C)O)c(Cl)c1. The fourth-order valence-electron chi connectivity index (χ4n) is 1.19. The average Bonchev–Trinajstić information content (AvgIpc) is 2.01. The van der Waals surface area contributed by atoms with E-state index < -0.39 is 6.10 Å². The molecule has 0 heterocycles. The van der Waals surface area contributed by atoms with Crippen LogP contribution in [0.25, 0.3) is 0 Å². The van der Waals surface area contributed by atoms with Crippen LogP contribution in [0, 0.1) is 0 Å². The van der Waals surface area contributed by atoms with E-state index in [-0.39, 0.29) is 6.10 Å². The first-order valence-corrected chi connectivity index (χ1v) is 5.02. The van der Waals surface area contributed by atoms with Crippen molar-refractivity contribution < 1.29 is 9.84 Å². The lowest BCUT2D eigenvalue weighted by Crippen LogP contribution is -2.05. The lowest BCUT2D eigenvalue weighted by atomic mass is 10.1. The number of ether oxygens (including phenoxy) is 1. The summed E-state index contributed by atoms with van der Waals surface area (Å²) in [4.78, 5) is 0. The fourth-order valence-corrected chi connectivity index (χ4v) is 1.52. The van der Waals surface area contributed by atoms with E-state index in [1.807, 2.05) is 19.9 Å². The van der Waals surface area contributed by atoms with Crippen molar-refractivity contribution in [2.45, 2.75) is 33.0 Å². The smallest absolute Gasteiger partial charge is 0.121 e. The summed E-state index contributed by atoms with van der Waals surface area (Å²) in [5, 5.41) is 9.89. The third-order valence-corrected chi connectivity index (χ3v) is 2.12. The van der Waals surface area contributed by atoms with Crippen LogP contribution in [-0.4, -0.2) is 11.2 Å². The quantitative estimate of drug-likeness (QED) is 0.838. The minimum Gasteiger partial charge on any atom is -0.491 e. The van der Waals surface area contributed by atoms with E-state index in [1.54, 1.807) is 19.1 Å². The lowest BCUT2D eigenvalue weighted by Gasteiger charge is -2.12. The molecule has 2 nitrogen and oxygen atoms in total. The molecule has 0 fully saturated rings. The second kappa shape index (κ2) is 4.67. The van der Waals surface area contributed by atoms with E-state index in [4.69, 9.17) is 16.3 Å². The van der Waals surface area contributed by atoms with Gasteiger partial charge in [-0.2, -0.15) is 0 Å². The highest BCUT2D eigenvalue weighted by molar-refractivity contribution is 6.31. The van der Waals surface area contributed by atoms with E-state index in [2.05, 4.69) is 0 Å². The number of rotatable bonds is 3. The number of benzene rings is 1. The van der Waals surface area contributed by atoms with Gasteiger partial charge in [0.25, 0.3) is 0 Å². The van der Waals surface area contributed by atoms with E-state index in [0.29, 0.717) is 5.02 Å². The molecule has 0 aliphatic heterocycles. The molecule has 78 valence electrons. The first kappa shape index (κ1) is 11.3. The minimum atomic E-state index is -0.546. The van der Waals surface area contributed by atoms with Crippen LogP contribution in [0.2, 0.25) is 5.02 Å². The molecule has 0 spiro atoms. The van der Waals surface area contributed by atoms with Crippen LogP contribution in [-0.2, 0) is 0 Å². The van der Waals surface area contributed by atoms with Gasteiger partial charge in [0, 0.05) is 0 Å². The normalized spacial score (nSPS) is 13.0. The molecular weight excluding hydrogens is 200 g/mol. The summed E-state index contributed by atoms with van der Waals surface area (Å²) >= 11 is 5.97. The highest BCUT2D eigenvalue weighted by Gasteiger charge is 2.07. The first-order valence-electron chi connectivity index (χ1n) is 4.65. The van der Waals surface area contributed by atoms with E-state index in [9.17, 15) is 5.11 Å². The van der Waals surface area contributed by atoms with Crippen molar-refractivity contribution in [3.05, 3.63) is 28.8 Å². The number of halogens is 1. The van der Waals surface area contributed by atoms with E-state index >= 15 is 0 Å². The van der Waals surface area contributed by atoms with Crippen molar-refractivity contribution in [3.63, 3.8) is 0 Å². The van der Waals surface area contributed by atoms with Gasteiger partial charge in [-0.1, -0.05) is 17.7 Å². The Hall–Kier alpha value is -0.730. The molecule has 1 aromatic rings. The predicted octanol–water partition coefficient (Wildman–Crippen LogP) is 3.18. The molecule has 0 saturated heterocycles. The second-order valence-electron chi connectivity index (χ2n) is 3.53. The molecule has 0 bridgehead atoms. The monoisotopic (exact) mass is 214 g/mol. The molecule has 0 amide bonds. The molecule has 0 aromatic heterocycles. The zero-order valence-electron chi connectivity index (χ0n) is 8.62. The number of hydrogen-bond acceptors (Lipinski definition) is 2. The van der Waals surface area contributed by atoms with Crippen LogP contribution in [0.1, 0.15) is 32.4 Å². The third-order valence-electron chi connectivity index (χ3n) is 1.79. The van der Waals surface area contributed by atoms with Crippen LogP contribution in [0.4, 0.5) is 0 Å². The fraction of sp³-hybridized carbons (Fsp3) is 0.455. The largest absolute Gasteiger partial charge is 0.491 e. The molecule has 3 heteroatoms. The summed E-state index contributed by atoms with van der Waals surface area (Å²) in [6.45, 7) is 5.59. The van der Waals surface area contributed by atoms with Gasteiger partial charge in [-0.25, -0.2) is 0 Å². The van der Waals surface area contributed by atoms with E-state index in [0.717, 1.165) is 11.3 Å². The second-order valence-corrected chi connectivity index (χ2v) is 3.93. The first-order chi connectivity index (χ1) is 6.50. The summed E-state index contributed by atoms with van der Waals surface area (Å²) in [6, 6.07) is 5.32. The molecule has 0 aliphatic rings. The van der Waals surface area contributed by atoms with Crippen LogP contribution < -0.4 is 4.74 Å². The zero-order chi connectivity index (χ0) is 10.7.